The van der Waals surface area contributed by atoms with Crippen molar-refractivity contribution in [3.05, 3.63) is 100 Å². The molecule has 9 nitrogen and oxygen atoms in total. The van der Waals surface area contributed by atoms with Gasteiger partial charge in [-0.2, -0.15) is 5.26 Å². The van der Waals surface area contributed by atoms with Crippen molar-refractivity contribution in [2.75, 3.05) is 38.5 Å². The molecule has 3 N–H and O–H groups in total. The Balaban J connectivity index is 1.28. The fraction of sp³-hybridized carbons (Fsp3) is 0.324. The van der Waals surface area contributed by atoms with E-state index in [0.29, 0.717) is 45.6 Å². The van der Waals surface area contributed by atoms with E-state index in [1.807, 2.05) is 54.6 Å². The minimum Gasteiger partial charge on any atom is -0.490 e. The molecule has 6 rings (SSSR count). The fourth-order valence-electron chi connectivity index (χ4n) is 5.90. The predicted octanol–water partition coefficient (Wildman–Crippen LogP) is 6.48. The summed E-state index contributed by atoms with van der Waals surface area (Å²) in [6.45, 7) is 4.37. The van der Waals surface area contributed by atoms with Crippen molar-refractivity contribution in [1.82, 2.24) is 20.5 Å². The third-order valence-electron chi connectivity index (χ3n) is 8.60. The number of nitrogens with zero attached hydrogens (tertiary/aromatic N) is 3. The van der Waals surface area contributed by atoms with E-state index < -0.39 is 0 Å². The molecule has 1 amide bonds. The van der Waals surface area contributed by atoms with Crippen LogP contribution in [0.15, 0.2) is 78.5 Å². The molecule has 0 saturated carbocycles. The van der Waals surface area contributed by atoms with Crippen LogP contribution in [0.25, 0.3) is 10.9 Å². The highest BCUT2D eigenvalue weighted by Crippen LogP contribution is 2.36. The quantitative estimate of drug-likeness (QED) is 0.167. The number of aromatic nitrogens is 1. The summed E-state index contributed by atoms with van der Waals surface area (Å²) in [5, 5.41) is 21.0. The fourth-order valence-corrected chi connectivity index (χ4v) is 6.14. The number of pyridine rings is 1. The van der Waals surface area contributed by atoms with Crippen LogP contribution in [0.4, 0.5) is 11.4 Å². The monoisotopic (exact) mass is 650 g/mol. The molecule has 0 unspecified atom stereocenters. The van der Waals surface area contributed by atoms with E-state index in [-0.39, 0.29) is 18.6 Å². The molecule has 0 atom stereocenters. The van der Waals surface area contributed by atoms with Gasteiger partial charge in [0.2, 0.25) is 5.91 Å². The number of benzene rings is 3. The van der Waals surface area contributed by atoms with Crippen molar-refractivity contribution in [3.63, 3.8) is 0 Å². The van der Waals surface area contributed by atoms with Gasteiger partial charge in [0.1, 0.15) is 30.3 Å². The number of anilines is 2. The zero-order chi connectivity index (χ0) is 32.6. The molecule has 0 aliphatic carbocycles. The number of halogens is 1. The number of likely N-dealkylation sites (tertiary alicyclic amines) is 1. The number of carbonyl (C=O) groups excluding carboxylic acids is 1. The molecule has 0 bridgehead atoms. The molecule has 2 aliphatic rings. The number of ether oxygens (including phenoxy) is 2. The van der Waals surface area contributed by atoms with Crippen LogP contribution in [-0.2, 0) is 17.9 Å². The van der Waals surface area contributed by atoms with Crippen molar-refractivity contribution >= 4 is 39.8 Å². The Morgan fingerprint density at radius 3 is 2.64 bits per heavy atom. The Hall–Kier alpha value is -4.62. The predicted molar refractivity (Wildman–Crippen MR) is 185 cm³/mol. The number of hydrogen-bond donors (Lipinski definition) is 3. The lowest BCUT2D eigenvalue weighted by Crippen LogP contribution is -2.36. The molecule has 3 heterocycles. The minimum absolute atomic E-state index is 0.0655. The topological polar surface area (TPSA) is 112 Å². The van der Waals surface area contributed by atoms with E-state index >= 15 is 0 Å². The highest BCUT2D eigenvalue weighted by molar-refractivity contribution is 6.32. The molecule has 2 fully saturated rings. The highest BCUT2D eigenvalue weighted by Gasteiger charge is 2.21. The third-order valence-corrected chi connectivity index (χ3v) is 8.90. The van der Waals surface area contributed by atoms with Gasteiger partial charge in [-0.25, -0.2) is 0 Å². The first-order chi connectivity index (χ1) is 22.9. The average Bonchev–Trinajstić information content (AvgIpc) is 3.09. The zero-order valence-electron chi connectivity index (χ0n) is 26.5. The Kier molecular flexibility index (Phi) is 10.5. The van der Waals surface area contributed by atoms with Crippen molar-refractivity contribution in [2.24, 2.45) is 0 Å². The van der Waals surface area contributed by atoms with Crippen molar-refractivity contribution in [3.8, 4) is 17.6 Å². The Morgan fingerprint density at radius 2 is 1.89 bits per heavy atom. The van der Waals surface area contributed by atoms with E-state index in [1.54, 1.807) is 18.3 Å². The van der Waals surface area contributed by atoms with Gasteiger partial charge in [-0.1, -0.05) is 47.5 Å². The van der Waals surface area contributed by atoms with Crippen LogP contribution >= 0.6 is 11.6 Å². The molecule has 242 valence electrons. The van der Waals surface area contributed by atoms with Crippen LogP contribution in [0.2, 0.25) is 5.02 Å². The Bertz CT molecular complexity index is 1790. The minimum atomic E-state index is -0.126. The summed E-state index contributed by atoms with van der Waals surface area (Å²) in [4.78, 5) is 19.9. The Labute approximate surface area is 280 Å². The van der Waals surface area contributed by atoms with Gasteiger partial charge in [0, 0.05) is 54.6 Å². The molecule has 47 heavy (non-hydrogen) atoms. The Morgan fingerprint density at radius 1 is 1.11 bits per heavy atom. The van der Waals surface area contributed by atoms with Crippen LogP contribution < -0.4 is 25.4 Å². The SMILES string of the molecule is CN1CCC(Oc2cc3ncc(C#N)c(Nc4ccc(OCc5ccccc5)c(Cl)c4)c3cc2CNC(=O)C=C2CCNCC2)CC1. The van der Waals surface area contributed by atoms with Gasteiger partial charge >= 0.3 is 0 Å². The average molecular weight is 651 g/mol. The molecule has 4 aromatic rings. The highest BCUT2D eigenvalue weighted by atomic mass is 35.5. The van der Waals surface area contributed by atoms with Gasteiger partial charge < -0.3 is 30.3 Å². The number of fused-ring (bicyclic) bond motifs is 1. The van der Waals surface area contributed by atoms with E-state index in [4.69, 9.17) is 21.1 Å². The summed E-state index contributed by atoms with van der Waals surface area (Å²) in [6, 6.07) is 21.5. The first-order valence-corrected chi connectivity index (χ1v) is 16.4. The van der Waals surface area contributed by atoms with Crippen LogP contribution in [-0.4, -0.2) is 55.1 Å². The second kappa shape index (κ2) is 15.3. The summed E-state index contributed by atoms with van der Waals surface area (Å²) < 4.78 is 12.5. The molecular formula is C37H39ClN6O3. The summed E-state index contributed by atoms with van der Waals surface area (Å²) in [5.74, 6) is 1.13. The lowest BCUT2D eigenvalue weighted by atomic mass is 10.0. The lowest BCUT2D eigenvalue weighted by Gasteiger charge is -2.30. The second-order valence-electron chi connectivity index (χ2n) is 12.1. The molecule has 0 radical (unpaired) electrons. The third kappa shape index (κ3) is 8.40. The van der Waals surface area contributed by atoms with Crippen LogP contribution in [0.5, 0.6) is 11.5 Å². The molecule has 3 aromatic carbocycles. The lowest BCUT2D eigenvalue weighted by molar-refractivity contribution is -0.116. The standard InChI is InChI=1S/C37H39ClN6O3/c1-44-15-11-30(12-16-44)47-35-20-33-31(18-27(35)22-42-36(45)17-25-9-13-40-14-10-25)37(28(21-39)23-41-33)43-29-7-8-34(32(38)19-29)46-24-26-5-3-2-4-6-26/h2-8,17-20,23,30,40H,9-16,22,24H2,1H3,(H,41,43)(H,42,45). The maximum Gasteiger partial charge on any atom is 0.244 e. The van der Waals surface area contributed by atoms with Crippen LogP contribution in [0, 0.1) is 11.3 Å². The largest absolute Gasteiger partial charge is 0.490 e. The number of nitriles is 1. The molecule has 1 aromatic heterocycles. The number of carbonyl (C=O) groups is 1. The van der Waals surface area contributed by atoms with Crippen molar-refractivity contribution < 1.29 is 14.3 Å². The number of amides is 1. The van der Waals surface area contributed by atoms with E-state index in [9.17, 15) is 10.1 Å². The van der Waals surface area contributed by atoms with Gasteiger partial charge in [-0.05, 0) is 75.6 Å². The first-order valence-electron chi connectivity index (χ1n) is 16.1. The molecule has 10 heteroatoms. The van der Waals surface area contributed by atoms with Crippen LogP contribution in [0.3, 0.4) is 0 Å². The molecular weight excluding hydrogens is 612 g/mol. The van der Waals surface area contributed by atoms with Crippen LogP contribution in [0.1, 0.15) is 42.4 Å². The number of rotatable bonds is 10. The second-order valence-corrected chi connectivity index (χ2v) is 12.5. The summed E-state index contributed by atoms with van der Waals surface area (Å²) in [5.41, 5.74) is 5.36. The zero-order valence-corrected chi connectivity index (χ0v) is 27.3. The van der Waals surface area contributed by atoms with Gasteiger partial charge in [-0.15, -0.1) is 0 Å². The summed E-state index contributed by atoms with van der Waals surface area (Å²) >= 11 is 6.63. The number of hydrogen-bond acceptors (Lipinski definition) is 8. The van der Waals surface area contributed by atoms with Gasteiger partial charge in [0.15, 0.2) is 0 Å². The van der Waals surface area contributed by atoms with E-state index in [1.165, 1.54) is 0 Å². The summed E-state index contributed by atoms with van der Waals surface area (Å²) in [6.07, 6.45) is 6.93. The van der Waals surface area contributed by atoms with Gasteiger partial charge in [0.25, 0.3) is 0 Å². The smallest absolute Gasteiger partial charge is 0.244 e. The van der Waals surface area contributed by atoms with Gasteiger partial charge in [0.05, 0.1) is 21.8 Å². The normalized spacial score (nSPS) is 15.6. The molecule has 2 aliphatic heterocycles. The van der Waals surface area contributed by atoms with E-state index in [0.717, 1.165) is 73.9 Å². The first kappa shape index (κ1) is 32.3. The number of piperidine rings is 2. The molecule has 2 saturated heterocycles. The maximum absolute atomic E-state index is 12.9. The van der Waals surface area contributed by atoms with Crippen molar-refractivity contribution in [1.29, 1.82) is 5.26 Å². The van der Waals surface area contributed by atoms with Crippen molar-refractivity contribution in [2.45, 2.75) is 44.9 Å². The van der Waals surface area contributed by atoms with E-state index in [2.05, 4.69) is 39.0 Å². The number of nitrogens with one attached hydrogen (secondary N) is 3. The van der Waals surface area contributed by atoms with Gasteiger partial charge in [-0.3, -0.25) is 9.78 Å². The molecule has 0 spiro atoms. The summed E-state index contributed by atoms with van der Waals surface area (Å²) in [7, 11) is 2.12. The maximum atomic E-state index is 12.9.